The molecule has 0 saturated carbocycles. The summed E-state index contributed by atoms with van der Waals surface area (Å²) >= 11 is 0. The van der Waals surface area contributed by atoms with Gasteiger partial charge < -0.3 is 4.57 Å². The van der Waals surface area contributed by atoms with Crippen molar-refractivity contribution in [3.8, 4) is 0 Å². The lowest BCUT2D eigenvalue weighted by Crippen LogP contribution is -2.25. The first kappa shape index (κ1) is 23.5. The molecule has 2 heterocycles. The lowest BCUT2D eigenvalue weighted by molar-refractivity contribution is -0.114. The summed E-state index contributed by atoms with van der Waals surface area (Å²) < 4.78 is 71.7. The van der Waals surface area contributed by atoms with E-state index in [1.807, 2.05) is 60.2 Å². The summed E-state index contributed by atoms with van der Waals surface area (Å²) in [5.41, 5.74) is 2.33. The zero-order valence-corrected chi connectivity index (χ0v) is 19.1. The van der Waals surface area contributed by atoms with Gasteiger partial charge in [0.25, 0.3) is 5.91 Å². The Morgan fingerprint density at radius 1 is 0.861 bits per heavy atom. The number of hydrogen-bond donors (Lipinski definition) is 0. The van der Waals surface area contributed by atoms with Gasteiger partial charge in [-0.25, -0.2) is 22.0 Å². The lowest BCUT2D eigenvalue weighted by Gasteiger charge is -2.15. The molecule has 1 aliphatic heterocycles. The van der Waals surface area contributed by atoms with E-state index in [0.717, 1.165) is 22.0 Å². The molecule has 0 fully saturated rings. The van der Waals surface area contributed by atoms with Crippen LogP contribution in [0.2, 0.25) is 0 Å². The Morgan fingerprint density at radius 3 is 2.22 bits per heavy atom. The molecule has 5 rings (SSSR count). The molecule has 0 saturated heterocycles. The summed E-state index contributed by atoms with van der Waals surface area (Å²) in [6, 6.07) is 15.5. The minimum Gasteiger partial charge on any atom is -0.342 e. The Bertz CT molecular complexity index is 1590. The number of amides is 1. The van der Waals surface area contributed by atoms with Gasteiger partial charge in [0.2, 0.25) is 5.82 Å². The molecule has 0 radical (unpaired) electrons. The van der Waals surface area contributed by atoms with Gasteiger partial charge in [-0.1, -0.05) is 48.0 Å². The number of anilines is 1. The number of fused-ring (bicyclic) bond motifs is 1. The second kappa shape index (κ2) is 8.75. The molecule has 9 heteroatoms. The normalized spacial score (nSPS) is 14.9. The first-order valence-electron chi connectivity index (χ1n) is 10.9. The highest BCUT2D eigenvalue weighted by atomic mass is 19.2. The number of nitrogens with zero attached hydrogens (tertiary/aromatic N) is 3. The molecule has 0 bridgehead atoms. The number of carbonyl (C=O) groups excluding carboxylic acids is 1. The predicted octanol–water partition coefficient (Wildman–Crippen LogP) is 6.50. The van der Waals surface area contributed by atoms with Crippen molar-refractivity contribution < 1.29 is 26.7 Å². The van der Waals surface area contributed by atoms with Crippen LogP contribution in [-0.2, 0) is 11.3 Å². The fraction of sp³-hybridized carbons (Fsp3) is 0.111. The average Bonchev–Trinajstić information content (AvgIpc) is 3.34. The first-order chi connectivity index (χ1) is 17.2. The number of rotatable bonds is 4. The van der Waals surface area contributed by atoms with Gasteiger partial charge in [-0.05, 0) is 31.6 Å². The fourth-order valence-corrected chi connectivity index (χ4v) is 4.30. The molecule has 0 aliphatic carbocycles. The maximum Gasteiger partial charge on any atom is 0.280 e. The van der Waals surface area contributed by atoms with Gasteiger partial charge in [0.1, 0.15) is 5.69 Å². The molecule has 0 atom stereocenters. The van der Waals surface area contributed by atoms with Crippen molar-refractivity contribution >= 4 is 34.3 Å². The van der Waals surface area contributed by atoms with Crippen LogP contribution in [-0.4, -0.2) is 16.2 Å². The van der Waals surface area contributed by atoms with E-state index >= 15 is 0 Å². The van der Waals surface area contributed by atoms with Gasteiger partial charge in [0.15, 0.2) is 23.3 Å². The second-order valence-corrected chi connectivity index (χ2v) is 8.50. The van der Waals surface area contributed by atoms with Crippen molar-refractivity contribution in [2.75, 3.05) is 5.01 Å². The van der Waals surface area contributed by atoms with Crippen molar-refractivity contribution in [3.05, 3.63) is 106 Å². The van der Waals surface area contributed by atoms with E-state index in [1.54, 1.807) is 0 Å². The van der Waals surface area contributed by atoms with Gasteiger partial charge in [0, 0.05) is 29.2 Å². The number of benzene rings is 3. The van der Waals surface area contributed by atoms with Gasteiger partial charge in [-0.2, -0.15) is 10.1 Å². The van der Waals surface area contributed by atoms with E-state index in [2.05, 4.69) is 11.2 Å². The zero-order valence-electron chi connectivity index (χ0n) is 19.1. The standard InChI is InChI=1S/C27H18F5N3O/c1-14-6-5-7-16(10-14)12-34-13-17(18-8-3-4-9-20(18)34)11-19-15(2)33-35(27(19)36)26-24(31)22(29)21(28)23(30)25(26)32/h3-11,13H,12H2,1-2H3/b19-11+. The van der Waals surface area contributed by atoms with Crippen LogP contribution in [0.1, 0.15) is 23.6 Å². The molecule has 1 amide bonds. The van der Waals surface area contributed by atoms with Crippen molar-refractivity contribution in [2.24, 2.45) is 5.10 Å². The largest absolute Gasteiger partial charge is 0.342 e. The Hall–Kier alpha value is -4.27. The highest BCUT2D eigenvalue weighted by molar-refractivity contribution is 6.32. The Labute approximate surface area is 202 Å². The molecular formula is C27H18F5N3O. The monoisotopic (exact) mass is 495 g/mol. The SMILES string of the molecule is CC1=NN(c2c(F)c(F)c(F)c(F)c2F)C(=O)/C1=C/c1cn(Cc2cccc(C)c2)c2ccccc12. The highest BCUT2D eigenvalue weighted by Crippen LogP contribution is 2.34. The molecule has 0 spiro atoms. The number of aryl methyl sites for hydroxylation is 1. The lowest BCUT2D eigenvalue weighted by atomic mass is 10.1. The fourth-order valence-electron chi connectivity index (χ4n) is 4.30. The van der Waals surface area contributed by atoms with E-state index in [0.29, 0.717) is 12.1 Å². The molecule has 182 valence electrons. The van der Waals surface area contributed by atoms with Gasteiger partial charge in [-0.15, -0.1) is 0 Å². The van der Waals surface area contributed by atoms with Crippen molar-refractivity contribution in [1.29, 1.82) is 0 Å². The summed E-state index contributed by atoms with van der Waals surface area (Å²) in [4.78, 5) is 13.1. The van der Waals surface area contributed by atoms with Crippen LogP contribution in [0.5, 0.6) is 0 Å². The summed E-state index contributed by atoms with van der Waals surface area (Å²) in [5, 5.41) is 4.83. The van der Waals surface area contributed by atoms with Crippen LogP contribution in [0.25, 0.3) is 17.0 Å². The predicted molar refractivity (Wildman–Crippen MR) is 127 cm³/mol. The minimum absolute atomic E-state index is 0.0302. The molecular weight excluding hydrogens is 477 g/mol. The third-order valence-electron chi connectivity index (χ3n) is 6.02. The average molecular weight is 495 g/mol. The van der Waals surface area contributed by atoms with E-state index in [1.165, 1.54) is 13.0 Å². The molecule has 3 aromatic carbocycles. The van der Waals surface area contributed by atoms with Gasteiger partial charge >= 0.3 is 0 Å². The van der Waals surface area contributed by atoms with E-state index in [-0.39, 0.29) is 16.3 Å². The Morgan fingerprint density at radius 2 is 1.53 bits per heavy atom. The quantitative estimate of drug-likeness (QED) is 0.138. The van der Waals surface area contributed by atoms with Crippen LogP contribution >= 0.6 is 0 Å². The molecule has 4 aromatic rings. The van der Waals surface area contributed by atoms with Crippen LogP contribution in [0.4, 0.5) is 27.6 Å². The number of halogens is 5. The van der Waals surface area contributed by atoms with Gasteiger partial charge in [0.05, 0.1) is 11.3 Å². The number of para-hydroxylation sites is 1. The molecule has 4 nitrogen and oxygen atoms in total. The molecule has 0 N–H and O–H groups in total. The van der Waals surface area contributed by atoms with Gasteiger partial charge in [-0.3, -0.25) is 4.79 Å². The van der Waals surface area contributed by atoms with E-state index in [9.17, 15) is 26.7 Å². The summed E-state index contributed by atoms with van der Waals surface area (Å²) in [7, 11) is 0. The topological polar surface area (TPSA) is 37.6 Å². The first-order valence-corrected chi connectivity index (χ1v) is 10.9. The Balaban J connectivity index is 1.57. The van der Waals surface area contributed by atoms with Crippen molar-refractivity contribution in [3.63, 3.8) is 0 Å². The van der Waals surface area contributed by atoms with Crippen molar-refractivity contribution in [2.45, 2.75) is 20.4 Å². The van der Waals surface area contributed by atoms with Crippen LogP contribution in [0, 0.1) is 36.0 Å². The molecule has 36 heavy (non-hydrogen) atoms. The Kier molecular flexibility index (Phi) is 5.70. The number of aromatic nitrogens is 1. The number of hydrogen-bond acceptors (Lipinski definition) is 2. The van der Waals surface area contributed by atoms with E-state index in [4.69, 9.17) is 0 Å². The summed E-state index contributed by atoms with van der Waals surface area (Å²) in [6.07, 6.45) is 3.34. The maximum atomic E-state index is 14.3. The third kappa shape index (κ3) is 3.77. The highest BCUT2D eigenvalue weighted by Gasteiger charge is 2.37. The molecule has 1 aliphatic rings. The minimum atomic E-state index is -2.31. The second-order valence-electron chi connectivity index (χ2n) is 8.50. The van der Waals surface area contributed by atoms with Crippen LogP contribution in [0.3, 0.4) is 0 Å². The number of hydrazone groups is 1. The van der Waals surface area contributed by atoms with Crippen molar-refractivity contribution in [1.82, 2.24) is 4.57 Å². The van der Waals surface area contributed by atoms with E-state index < -0.39 is 40.7 Å². The molecule has 0 unspecified atom stereocenters. The summed E-state index contributed by atoms with van der Waals surface area (Å²) in [6.45, 7) is 3.97. The smallest absolute Gasteiger partial charge is 0.280 e. The third-order valence-corrected chi connectivity index (χ3v) is 6.02. The van der Waals surface area contributed by atoms with Crippen LogP contribution in [0.15, 0.2) is 65.4 Å². The molecule has 1 aromatic heterocycles. The van der Waals surface area contributed by atoms with Crippen LogP contribution < -0.4 is 5.01 Å². The zero-order chi connectivity index (χ0) is 25.7. The number of carbonyl (C=O) groups is 1. The maximum absolute atomic E-state index is 14.3. The summed E-state index contributed by atoms with van der Waals surface area (Å²) in [5.74, 6) is -11.9.